The molecule has 1 aliphatic rings. The van der Waals surface area contributed by atoms with Gasteiger partial charge in [0.05, 0.1) is 16.4 Å². The van der Waals surface area contributed by atoms with Crippen molar-refractivity contribution in [3.8, 4) is 0 Å². The van der Waals surface area contributed by atoms with Crippen LogP contribution in [0.1, 0.15) is 19.3 Å². The molecule has 0 heterocycles. The zero-order valence-corrected chi connectivity index (χ0v) is 10.9. The number of rotatable bonds is 3. The molecule has 2 rings (SSSR count). The van der Waals surface area contributed by atoms with E-state index in [9.17, 15) is 0 Å². The predicted octanol–water partition coefficient (Wildman–Crippen LogP) is 3.62. The van der Waals surface area contributed by atoms with Crippen molar-refractivity contribution in [3.63, 3.8) is 0 Å². The molecule has 2 nitrogen and oxygen atoms in total. The summed E-state index contributed by atoms with van der Waals surface area (Å²) in [4.78, 5) is 0. The van der Waals surface area contributed by atoms with E-state index in [1.807, 2.05) is 30.0 Å². The van der Waals surface area contributed by atoms with Crippen LogP contribution in [0, 0.1) is 0 Å². The Hall–Kier alpha value is -0.540. The van der Waals surface area contributed by atoms with Gasteiger partial charge in [0, 0.05) is 11.3 Å². The van der Waals surface area contributed by atoms with Crippen molar-refractivity contribution in [1.29, 1.82) is 0 Å². The van der Waals surface area contributed by atoms with Gasteiger partial charge in [-0.05, 0) is 37.7 Å². The normalized spacial score (nSPS) is 24.6. The Morgan fingerprint density at radius 1 is 1.44 bits per heavy atom. The lowest BCUT2D eigenvalue weighted by Crippen LogP contribution is -2.16. The third-order valence-corrected chi connectivity index (χ3v) is 4.55. The molecule has 16 heavy (non-hydrogen) atoms. The fourth-order valence-electron chi connectivity index (χ4n) is 2.17. The van der Waals surface area contributed by atoms with Crippen molar-refractivity contribution in [2.45, 2.75) is 30.6 Å². The average molecular weight is 257 g/mol. The second-order valence-electron chi connectivity index (χ2n) is 4.21. The highest BCUT2D eigenvalue weighted by Crippen LogP contribution is 2.33. The zero-order chi connectivity index (χ0) is 11.5. The van der Waals surface area contributed by atoms with Gasteiger partial charge in [-0.2, -0.15) is 11.8 Å². The quantitative estimate of drug-likeness (QED) is 0.812. The largest absolute Gasteiger partial charge is 0.396 e. The topological polar surface area (TPSA) is 38.0 Å². The molecule has 2 atom stereocenters. The lowest BCUT2D eigenvalue weighted by atomic mass is 10.2. The molecule has 1 aliphatic carbocycles. The van der Waals surface area contributed by atoms with Gasteiger partial charge in [0.15, 0.2) is 0 Å². The molecule has 1 fully saturated rings. The molecule has 88 valence electrons. The summed E-state index contributed by atoms with van der Waals surface area (Å²) in [6.45, 7) is 0. The molecule has 0 aromatic heterocycles. The number of nitrogen functional groups attached to an aromatic ring is 1. The van der Waals surface area contributed by atoms with E-state index in [0.29, 0.717) is 16.8 Å². The van der Waals surface area contributed by atoms with Gasteiger partial charge < -0.3 is 11.1 Å². The van der Waals surface area contributed by atoms with E-state index in [1.54, 1.807) is 0 Å². The van der Waals surface area contributed by atoms with Crippen molar-refractivity contribution in [1.82, 2.24) is 0 Å². The van der Waals surface area contributed by atoms with Crippen LogP contribution < -0.4 is 11.1 Å². The maximum absolute atomic E-state index is 5.99. The molecule has 0 radical (unpaired) electrons. The molecule has 4 heteroatoms. The van der Waals surface area contributed by atoms with Crippen molar-refractivity contribution in [2.75, 3.05) is 17.3 Å². The molecule has 1 aromatic carbocycles. The van der Waals surface area contributed by atoms with Gasteiger partial charge >= 0.3 is 0 Å². The number of nitrogens with two attached hydrogens (primary N) is 1. The monoisotopic (exact) mass is 256 g/mol. The van der Waals surface area contributed by atoms with E-state index >= 15 is 0 Å². The van der Waals surface area contributed by atoms with Crippen LogP contribution in [0.4, 0.5) is 11.4 Å². The minimum Gasteiger partial charge on any atom is -0.396 e. The van der Waals surface area contributed by atoms with Gasteiger partial charge in [-0.15, -0.1) is 0 Å². The summed E-state index contributed by atoms with van der Waals surface area (Å²) in [5, 5.41) is 4.91. The minimum absolute atomic E-state index is 0.540. The highest BCUT2D eigenvalue weighted by atomic mass is 35.5. The Morgan fingerprint density at radius 3 is 2.94 bits per heavy atom. The second-order valence-corrected chi connectivity index (χ2v) is 5.76. The zero-order valence-electron chi connectivity index (χ0n) is 9.37. The first-order valence-electron chi connectivity index (χ1n) is 5.54. The highest BCUT2D eigenvalue weighted by Gasteiger charge is 2.24. The van der Waals surface area contributed by atoms with Gasteiger partial charge in [0.1, 0.15) is 0 Å². The van der Waals surface area contributed by atoms with Crippen LogP contribution in [0.25, 0.3) is 0 Å². The van der Waals surface area contributed by atoms with E-state index in [4.69, 9.17) is 17.3 Å². The Balaban J connectivity index is 2.02. The van der Waals surface area contributed by atoms with Gasteiger partial charge in [0.25, 0.3) is 0 Å². The van der Waals surface area contributed by atoms with Gasteiger partial charge in [0.2, 0.25) is 0 Å². The summed E-state index contributed by atoms with van der Waals surface area (Å²) in [6, 6.07) is 6.29. The van der Waals surface area contributed by atoms with Gasteiger partial charge in [-0.1, -0.05) is 17.7 Å². The SMILES string of the molecule is CSC1CCC(Nc2cccc(Cl)c2N)C1. The summed E-state index contributed by atoms with van der Waals surface area (Å²) < 4.78 is 0. The first-order valence-corrected chi connectivity index (χ1v) is 7.20. The van der Waals surface area contributed by atoms with Crippen molar-refractivity contribution in [2.24, 2.45) is 0 Å². The number of hydrogen-bond donors (Lipinski definition) is 2. The number of anilines is 2. The molecule has 0 spiro atoms. The Bertz CT molecular complexity index is 370. The molecule has 1 saturated carbocycles. The number of halogens is 1. The molecule has 0 saturated heterocycles. The highest BCUT2D eigenvalue weighted by molar-refractivity contribution is 7.99. The minimum atomic E-state index is 0.540. The predicted molar refractivity (Wildman–Crippen MR) is 74.4 cm³/mol. The number of benzene rings is 1. The second kappa shape index (κ2) is 5.19. The summed E-state index contributed by atoms with van der Waals surface area (Å²) in [7, 11) is 0. The number of para-hydroxylation sites is 1. The van der Waals surface area contributed by atoms with E-state index in [0.717, 1.165) is 10.9 Å². The molecule has 0 amide bonds. The van der Waals surface area contributed by atoms with Crippen LogP contribution in [-0.2, 0) is 0 Å². The molecule has 3 N–H and O–H groups in total. The lowest BCUT2D eigenvalue weighted by molar-refractivity contribution is 0.757. The maximum atomic E-state index is 5.99. The third-order valence-electron chi connectivity index (χ3n) is 3.13. The fourth-order valence-corrected chi connectivity index (χ4v) is 3.14. The van der Waals surface area contributed by atoms with E-state index in [2.05, 4.69) is 11.6 Å². The summed E-state index contributed by atoms with van der Waals surface area (Å²) in [6.07, 6.45) is 5.91. The number of thioether (sulfide) groups is 1. The molecular formula is C12H17ClN2S. The average Bonchev–Trinajstić information content (AvgIpc) is 2.73. The Kier molecular flexibility index (Phi) is 3.87. The van der Waals surface area contributed by atoms with E-state index in [1.165, 1.54) is 19.3 Å². The van der Waals surface area contributed by atoms with Crippen molar-refractivity contribution in [3.05, 3.63) is 23.2 Å². The van der Waals surface area contributed by atoms with Crippen LogP contribution in [0.15, 0.2) is 18.2 Å². The number of hydrogen-bond acceptors (Lipinski definition) is 3. The first-order chi connectivity index (χ1) is 7.70. The molecule has 2 unspecified atom stereocenters. The maximum Gasteiger partial charge on any atom is 0.0739 e. The van der Waals surface area contributed by atoms with Crippen LogP contribution >= 0.6 is 23.4 Å². The van der Waals surface area contributed by atoms with Crippen LogP contribution in [0.5, 0.6) is 0 Å². The Labute approximate surface area is 106 Å². The number of nitrogens with one attached hydrogen (secondary N) is 1. The molecule has 0 bridgehead atoms. The van der Waals surface area contributed by atoms with E-state index < -0.39 is 0 Å². The third kappa shape index (κ3) is 2.58. The lowest BCUT2D eigenvalue weighted by Gasteiger charge is -2.16. The first kappa shape index (κ1) is 11.9. The fraction of sp³-hybridized carbons (Fsp3) is 0.500. The van der Waals surface area contributed by atoms with Crippen LogP contribution in [0.2, 0.25) is 5.02 Å². The summed E-state index contributed by atoms with van der Waals surface area (Å²) in [5.74, 6) is 0. The van der Waals surface area contributed by atoms with Crippen LogP contribution in [-0.4, -0.2) is 17.5 Å². The van der Waals surface area contributed by atoms with Crippen molar-refractivity contribution < 1.29 is 0 Å². The van der Waals surface area contributed by atoms with Crippen molar-refractivity contribution >= 4 is 34.7 Å². The summed E-state index contributed by atoms with van der Waals surface area (Å²) in [5.41, 5.74) is 7.56. The van der Waals surface area contributed by atoms with Gasteiger partial charge in [-0.3, -0.25) is 0 Å². The molecule has 0 aliphatic heterocycles. The summed E-state index contributed by atoms with van der Waals surface area (Å²) >= 11 is 7.94. The standard InChI is InChI=1S/C12H17ClN2S/c1-16-9-6-5-8(7-9)15-11-4-2-3-10(13)12(11)14/h2-4,8-9,15H,5-7,14H2,1H3. The Morgan fingerprint density at radius 2 is 2.25 bits per heavy atom. The smallest absolute Gasteiger partial charge is 0.0739 e. The van der Waals surface area contributed by atoms with Gasteiger partial charge in [-0.25, -0.2) is 0 Å². The molecule has 1 aromatic rings. The molecular weight excluding hydrogens is 240 g/mol. The van der Waals surface area contributed by atoms with Crippen LogP contribution in [0.3, 0.4) is 0 Å². The van der Waals surface area contributed by atoms with E-state index in [-0.39, 0.29) is 0 Å².